The molecular formula is C13H17N3O3. The van der Waals surface area contributed by atoms with Crippen molar-refractivity contribution in [3.05, 3.63) is 28.7 Å². The molecule has 4 N–H and O–H groups in total. The van der Waals surface area contributed by atoms with Gasteiger partial charge in [-0.3, -0.25) is 4.79 Å². The van der Waals surface area contributed by atoms with Crippen LogP contribution in [0.2, 0.25) is 0 Å². The van der Waals surface area contributed by atoms with Gasteiger partial charge in [0.25, 0.3) is 0 Å². The Kier molecular flexibility index (Phi) is 3.59. The zero-order chi connectivity index (χ0) is 14.0. The van der Waals surface area contributed by atoms with Crippen LogP contribution in [0.15, 0.2) is 23.0 Å². The minimum Gasteiger partial charge on any atom is -0.481 e. The molecule has 6 heteroatoms. The molecule has 0 radical (unpaired) electrons. The molecule has 6 nitrogen and oxygen atoms in total. The van der Waals surface area contributed by atoms with Crippen LogP contribution in [0.1, 0.15) is 13.8 Å². The molecule has 19 heavy (non-hydrogen) atoms. The minimum absolute atomic E-state index is 0.0563. The van der Waals surface area contributed by atoms with Gasteiger partial charge in [-0.25, -0.2) is 4.79 Å². The Morgan fingerprint density at radius 2 is 2.00 bits per heavy atom. The van der Waals surface area contributed by atoms with E-state index < -0.39 is 11.9 Å². The van der Waals surface area contributed by atoms with Crippen molar-refractivity contribution in [2.75, 3.05) is 11.9 Å². The van der Waals surface area contributed by atoms with Gasteiger partial charge in [-0.15, -0.1) is 0 Å². The maximum atomic E-state index is 11.1. The highest BCUT2D eigenvalue weighted by Crippen LogP contribution is 2.17. The van der Waals surface area contributed by atoms with Gasteiger partial charge in [-0.05, 0) is 24.1 Å². The van der Waals surface area contributed by atoms with Crippen LogP contribution >= 0.6 is 0 Å². The van der Waals surface area contributed by atoms with Crippen LogP contribution in [0.25, 0.3) is 11.0 Å². The van der Waals surface area contributed by atoms with Crippen molar-refractivity contribution >= 4 is 22.7 Å². The molecular weight excluding hydrogens is 246 g/mol. The van der Waals surface area contributed by atoms with Crippen LogP contribution in [0.3, 0.4) is 0 Å². The molecule has 0 saturated carbocycles. The number of anilines is 1. The Bertz CT molecular complexity index is 642. The molecule has 0 saturated heterocycles. The molecule has 0 aliphatic rings. The van der Waals surface area contributed by atoms with E-state index in [0.29, 0.717) is 12.1 Å². The molecule has 1 aromatic carbocycles. The molecule has 2 rings (SSSR count). The summed E-state index contributed by atoms with van der Waals surface area (Å²) in [4.78, 5) is 27.5. The second kappa shape index (κ2) is 5.17. The van der Waals surface area contributed by atoms with Crippen LogP contribution in [0.4, 0.5) is 5.69 Å². The molecule has 2 aromatic rings. The number of aromatic nitrogens is 2. The van der Waals surface area contributed by atoms with E-state index in [1.165, 1.54) is 0 Å². The van der Waals surface area contributed by atoms with Crippen molar-refractivity contribution in [3.63, 3.8) is 0 Å². The molecule has 0 fully saturated rings. The standard InChI is InChI=1S/C13H17N3O3/c1-7(2)9(12(17)18)6-14-8-3-4-10-11(5-8)16-13(19)15-10/h3-5,7,9,14H,6H2,1-2H3,(H,17,18)(H2,15,16,19). The fraction of sp³-hybridized carbons (Fsp3) is 0.385. The SMILES string of the molecule is CC(C)C(CNc1ccc2[nH]c(=O)[nH]c2c1)C(=O)O. The van der Waals surface area contributed by atoms with Gasteiger partial charge in [0.05, 0.1) is 17.0 Å². The third-order valence-corrected chi connectivity index (χ3v) is 3.16. The van der Waals surface area contributed by atoms with Crippen molar-refractivity contribution in [1.29, 1.82) is 0 Å². The Labute approximate surface area is 109 Å². The van der Waals surface area contributed by atoms with Gasteiger partial charge in [0.1, 0.15) is 0 Å². The van der Waals surface area contributed by atoms with E-state index in [9.17, 15) is 9.59 Å². The van der Waals surface area contributed by atoms with Gasteiger partial charge in [-0.1, -0.05) is 13.8 Å². The summed E-state index contributed by atoms with van der Waals surface area (Å²) in [6.45, 7) is 4.12. The van der Waals surface area contributed by atoms with Gasteiger partial charge < -0.3 is 20.4 Å². The largest absolute Gasteiger partial charge is 0.481 e. The first-order valence-electron chi connectivity index (χ1n) is 6.16. The Balaban J connectivity index is 2.12. The third-order valence-electron chi connectivity index (χ3n) is 3.16. The number of carboxylic acids is 1. The number of rotatable bonds is 5. The lowest BCUT2D eigenvalue weighted by atomic mass is 9.96. The van der Waals surface area contributed by atoms with E-state index in [0.717, 1.165) is 11.2 Å². The van der Waals surface area contributed by atoms with Gasteiger partial charge in [-0.2, -0.15) is 0 Å². The van der Waals surface area contributed by atoms with Crippen molar-refractivity contribution in [2.45, 2.75) is 13.8 Å². The normalized spacial score (nSPS) is 12.8. The highest BCUT2D eigenvalue weighted by atomic mass is 16.4. The van der Waals surface area contributed by atoms with Crippen molar-refractivity contribution in [2.24, 2.45) is 11.8 Å². The lowest BCUT2D eigenvalue weighted by Gasteiger charge is -2.17. The van der Waals surface area contributed by atoms with Crippen LogP contribution in [0, 0.1) is 11.8 Å². The first-order chi connectivity index (χ1) is 8.97. The minimum atomic E-state index is -0.807. The molecule has 0 aliphatic carbocycles. The summed E-state index contributed by atoms with van der Waals surface area (Å²) in [5, 5.41) is 12.2. The van der Waals surface area contributed by atoms with E-state index in [1.807, 2.05) is 19.9 Å². The van der Waals surface area contributed by atoms with Gasteiger partial charge in [0.15, 0.2) is 0 Å². The van der Waals surface area contributed by atoms with E-state index in [4.69, 9.17) is 5.11 Å². The van der Waals surface area contributed by atoms with Crippen LogP contribution in [-0.2, 0) is 4.79 Å². The molecule has 0 aliphatic heterocycles. The Hall–Kier alpha value is -2.24. The van der Waals surface area contributed by atoms with Crippen molar-refractivity contribution < 1.29 is 9.90 Å². The van der Waals surface area contributed by atoms with Gasteiger partial charge >= 0.3 is 11.7 Å². The molecule has 1 aromatic heterocycles. The van der Waals surface area contributed by atoms with E-state index >= 15 is 0 Å². The number of hydrogen-bond acceptors (Lipinski definition) is 3. The zero-order valence-corrected chi connectivity index (χ0v) is 10.9. The number of H-pyrrole nitrogens is 2. The lowest BCUT2D eigenvalue weighted by Crippen LogP contribution is -2.27. The monoisotopic (exact) mass is 263 g/mol. The second-order valence-corrected chi connectivity index (χ2v) is 4.91. The molecule has 1 atom stereocenters. The number of aliphatic carboxylic acids is 1. The van der Waals surface area contributed by atoms with E-state index in [1.54, 1.807) is 12.1 Å². The summed E-state index contributed by atoms with van der Waals surface area (Å²) in [7, 11) is 0. The number of benzene rings is 1. The third kappa shape index (κ3) is 2.96. The molecule has 0 amide bonds. The highest BCUT2D eigenvalue weighted by Gasteiger charge is 2.20. The molecule has 0 spiro atoms. The number of fused-ring (bicyclic) bond motifs is 1. The quantitative estimate of drug-likeness (QED) is 0.659. The van der Waals surface area contributed by atoms with E-state index in [-0.39, 0.29) is 11.6 Å². The van der Waals surface area contributed by atoms with Crippen molar-refractivity contribution in [1.82, 2.24) is 9.97 Å². The smallest absolute Gasteiger partial charge is 0.323 e. The summed E-state index contributed by atoms with van der Waals surface area (Å²) >= 11 is 0. The summed E-state index contributed by atoms with van der Waals surface area (Å²) in [5.41, 5.74) is 1.97. The first-order valence-corrected chi connectivity index (χ1v) is 6.16. The van der Waals surface area contributed by atoms with Crippen LogP contribution in [0.5, 0.6) is 0 Å². The zero-order valence-electron chi connectivity index (χ0n) is 10.9. The number of imidazole rings is 1. The number of nitrogens with one attached hydrogen (secondary N) is 3. The van der Waals surface area contributed by atoms with Gasteiger partial charge in [0, 0.05) is 12.2 Å². The summed E-state index contributed by atoms with van der Waals surface area (Å²) < 4.78 is 0. The fourth-order valence-corrected chi connectivity index (χ4v) is 1.98. The topological polar surface area (TPSA) is 98.0 Å². The number of aromatic amines is 2. The predicted molar refractivity (Wildman–Crippen MR) is 73.4 cm³/mol. The molecule has 1 heterocycles. The highest BCUT2D eigenvalue weighted by molar-refractivity contribution is 5.79. The average molecular weight is 263 g/mol. The second-order valence-electron chi connectivity index (χ2n) is 4.91. The first kappa shape index (κ1) is 13.2. The fourth-order valence-electron chi connectivity index (χ4n) is 1.98. The summed E-state index contributed by atoms with van der Waals surface area (Å²) in [6.07, 6.45) is 0. The predicted octanol–water partition coefficient (Wildman–Crippen LogP) is 1.62. The number of carbonyl (C=O) groups is 1. The summed E-state index contributed by atoms with van der Waals surface area (Å²) in [5.74, 6) is -1.19. The molecule has 1 unspecified atom stereocenters. The van der Waals surface area contributed by atoms with Crippen LogP contribution < -0.4 is 11.0 Å². The van der Waals surface area contributed by atoms with Gasteiger partial charge in [0.2, 0.25) is 0 Å². The lowest BCUT2D eigenvalue weighted by molar-refractivity contribution is -0.142. The molecule has 102 valence electrons. The molecule has 0 bridgehead atoms. The maximum Gasteiger partial charge on any atom is 0.323 e. The van der Waals surface area contributed by atoms with Crippen molar-refractivity contribution in [3.8, 4) is 0 Å². The Morgan fingerprint density at radius 3 is 2.63 bits per heavy atom. The van der Waals surface area contributed by atoms with E-state index in [2.05, 4.69) is 15.3 Å². The number of hydrogen-bond donors (Lipinski definition) is 4. The number of carboxylic acid groups (broad SMARTS) is 1. The Morgan fingerprint density at radius 1 is 1.32 bits per heavy atom. The summed E-state index contributed by atoms with van der Waals surface area (Å²) in [6, 6.07) is 5.37. The maximum absolute atomic E-state index is 11.1. The average Bonchev–Trinajstić information content (AvgIpc) is 2.67. The van der Waals surface area contributed by atoms with Crippen LogP contribution in [-0.4, -0.2) is 27.6 Å².